The number of nitrogens with one attached hydrogen (secondary N) is 1. The first-order chi connectivity index (χ1) is 8.61. The molecule has 1 aromatic carbocycles. The van der Waals surface area contributed by atoms with Crippen LogP contribution in [0.1, 0.15) is 23.2 Å². The Balaban J connectivity index is 2.12. The topological polar surface area (TPSA) is 32.3 Å². The molecule has 1 heterocycles. The number of rotatable bonds is 2. The second kappa shape index (κ2) is 5.44. The standard InChI is InChI=1S/C13H16F2N2O/c1-16-10-3-2-6-17(8-10)13(18)9-4-5-11(14)12(15)7-9/h4-5,7,10,16H,2-3,6,8H2,1H3. The van der Waals surface area contributed by atoms with Gasteiger partial charge in [-0.05, 0) is 38.1 Å². The van der Waals surface area contributed by atoms with E-state index in [9.17, 15) is 13.6 Å². The number of halogens is 2. The van der Waals surface area contributed by atoms with Gasteiger partial charge in [0.25, 0.3) is 5.91 Å². The minimum absolute atomic E-state index is 0.200. The zero-order chi connectivity index (χ0) is 13.1. The van der Waals surface area contributed by atoms with Gasteiger partial charge in [-0.25, -0.2) is 8.78 Å². The minimum Gasteiger partial charge on any atom is -0.337 e. The van der Waals surface area contributed by atoms with Crippen LogP contribution in [0.25, 0.3) is 0 Å². The van der Waals surface area contributed by atoms with Crippen molar-refractivity contribution < 1.29 is 13.6 Å². The number of piperidine rings is 1. The van der Waals surface area contributed by atoms with E-state index in [1.165, 1.54) is 6.07 Å². The largest absolute Gasteiger partial charge is 0.337 e. The highest BCUT2D eigenvalue weighted by Crippen LogP contribution is 2.15. The fourth-order valence-corrected chi connectivity index (χ4v) is 2.21. The minimum atomic E-state index is -0.983. The van der Waals surface area contributed by atoms with E-state index in [2.05, 4.69) is 5.32 Å². The molecule has 1 N–H and O–H groups in total. The number of benzene rings is 1. The van der Waals surface area contributed by atoms with Gasteiger partial charge in [-0.1, -0.05) is 0 Å². The first-order valence-electron chi connectivity index (χ1n) is 6.03. The molecule has 1 aromatic rings. The van der Waals surface area contributed by atoms with Gasteiger partial charge in [0, 0.05) is 24.7 Å². The van der Waals surface area contributed by atoms with Crippen LogP contribution in [0.2, 0.25) is 0 Å². The van der Waals surface area contributed by atoms with E-state index in [4.69, 9.17) is 0 Å². The van der Waals surface area contributed by atoms with E-state index in [1.807, 2.05) is 7.05 Å². The number of carbonyl (C=O) groups is 1. The third-order valence-corrected chi connectivity index (χ3v) is 3.28. The SMILES string of the molecule is CNC1CCCN(C(=O)c2ccc(F)c(F)c2)C1. The molecular weight excluding hydrogens is 238 g/mol. The molecule has 1 saturated heterocycles. The van der Waals surface area contributed by atoms with Crippen LogP contribution in [0.5, 0.6) is 0 Å². The van der Waals surface area contributed by atoms with Crippen molar-refractivity contribution in [2.75, 3.05) is 20.1 Å². The van der Waals surface area contributed by atoms with Crippen LogP contribution < -0.4 is 5.32 Å². The summed E-state index contributed by atoms with van der Waals surface area (Å²) in [5, 5.41) is 3.13. The molecule has 1 amide bonds. The number of likely N-dealkylation sites (tertiary alicyclic amines) is 1. The first kappa shape index (κ1) is 13.0. The molecule has 1 atom stereocenters. The van der Waals surface area contributed by atoms with Gasteiger partial charge in [-0.3, -0.25) is 4.79 Å². The summed E-state index contributed by atoms with van der Waals surface area (Å²) in [6.45, 7) is 1.27. The van der Waals surface area contributed by atoms with Crippen LogP contribution in [0.4, 0.5) is 8.78 Å². The monoisotopic (exact) mass is 254 g/mol. The van der Waals surface area contributed by atoms with Crippen molar-refractivity contribution in [2.24, 2.45) is 0 Å². The Morgan fingerprint density at radius 1 is 1.39 bits per heavy atom. The van der Waals surface area contributed by atoms with Gasteiger partial charge >= 0.3 is 0 Å². The Hall–Kier alpha value is -1.49. The highest BCUT2D eigenvalue weighted by Gasteiger charge is 2.23. The van der Waals surface area contributed by atoms with Crippen molar-refractivity contribution in [1.82, 2.24) is 10.2 Å². The maximum Gasteiger partial charge on any atom is 0.254 e. The molecule has 0 radical (unpaired) electrons. The molecule has 0 aromatic heterocycles. The fraction of sp³-hybridized carbons (Fsp3) is 0.462. The van der Waals surface area contributed by atoms with Gasteiger partial charge in [0.05, 0.1) is 0 Å². The van der Waals surface area contributed by atoms with E-state index < -0.39 is 11.6 Å². The Morgan fingerprint density at radius 2 is 2.17 bits per heavy atom. The summed E-state index contributed by atoms with van der Waals surface area (Å²) in [4.78, 5) is 13.8. The summed E-state index contributed by atoms with van der Waals surface area (Å²) in [6, 6.07) is 3.54. The van der Waals surface area contributed by atoms with Crippen molar-refractivity contribution in [3.63, 3.8) is 0 Å². The van der Waals surface area contributed by atoms with Crippen molar-refractivity contribution in [1.29, 1.82) is 0 Å². The van der Waals surface area contributed by atoms with Gasteiger partial charge < -0.3 is 10.2 Å². The lowest BCUT2D eigenvalue weighted by Gasteiger charge is -2.32. The van der Waals surface area contributed by atoms with Gasteiger partial charge in [-0.2, -0.15) is 0 Å². The van der Waals surface area contributed by atoms with Gasteiger partial charge in [0.2, 0.25) is 0 Å². The lowest BCUT2D eigenvalue weighted by atomic mass is 10.0. The molecule has 1 unspecified atom stereocenters. The van der Waals surface area contributed by atoms with Crippen molar-refractivity contribution >= 4 is 5.91 Å². The molecule has 5 heteroatoms. The summed E-state index contributed by atoms with van der Waals surface area (Å²) in [7, 11) is 1.86. The van der Waals surface area contributed by atoms with E-state index >= 15 is 0 Å². The zero-order valence-electron chi connectivity index (χ0n) is 10.2. The highest BCUT2D eigenvalue weighted by molar-refractivity contribution is 5.94. The lowest BCUT2D eigenvalue weighted by Crippen LogP contribution is -2.46. The van der Waals surface area contributed by atoms with Gasteiger partial charge in [-0.15, -0.1) is 0 Å². The normalized spacial score (nSPS) is 19.9. The predicted molar refractivity (Wildman–Crippen MR) is 64.3 cm³/mol. The van der Waals surface area contributed by atoms with Crippen molar-refractivity contribution in [3.8, 4) is 0 Å². The van der Waals surface area contributed by atoms with Crippen LogP contribution in [-0.2, 0) is 0 Å². The van der Waals surface area contributed by atoms with Crippen LogP contribution in [0.3, 0.4) is 0 Å². The summed E-state index contributed by atoms with van der Waals surface area (Å²) in [5.41, 5.74) is 0.200. The molecule has 98 valence electrons. The number of hydrogen-bond acceptors (Lipinski definition) is 2. The Bertz CT molecular complexity index is 451. The Kier molecular flexibility index (Phi) is 3.91. The van der Waals surface area contributed by atoms with E-state index in [0.29, 0.717) is 13.1 Å². The predicted octanol–water partition coefficient (Wildman–Crippen LogP) is 1.79. The van der Waals surface area contributed by atoms with E-state index in [1.54, 1.807) is 4.90 Å². The summed E-state index contributed by atoms with van der Waals surface area (Å²) >= 11 is 0. The lowest BCUT2D eigenvalue weighted by molar-refractivity contribution is 0.0697. The molecular formula is C13H16F2N2O. The van der Waals surface area contributed by atoms with Crippen LogP contribution in [0.15, 0.2) is 18.2 Å². The number of hydrogen-bond donors (Lipinski definition) is 1. The third-order valence-electron chi connectivity index (χ3n) is 3.28. The van der Waals surface area contributed by atoms with Crippen molar-refractivity contribution in [3.05, 3.63) is 35.4 Å². The Morgan fingerprint density at radius 3 is 2.83 bits per heavy atom. The second-order valence-electron chi connectivity index (χ2n) is 4.51. The summed E-state index contributed by atoms with van der Waals surface area (Å²) in [5.74, 6) is -2.16. The number of amides is 1. The van der Waals surface area contributed by atoms with Crippen LogP contribution in [-0.4, -0.2) is 37.0 Å². The van der Waals surface area contributed by atoms with Gasteiger partial charge in [0.15, 0.2) is 11.6 Å². The molecule has 0 aliphatic carbocycles. The van der Waals surface area contributed by atoms with Crippen LogP contribution >= 0.6 is 0 Å². The zero-order valence-corrected chi connectivity index (χ0v) is 10.2. The quantitative estimate of drug-likeness (QED) is 0.872. The molecule has 1 aliphatic heterocycles. The second-order valence-corrected chi connectivity index (χ2v) is 4.51. The maximum absolute atomic E-state index is 13.1. The fourth-order valence-electron chi connectivity index (χ4n) is 2.21. The molecule has 2 rings (SSSR count). The average molecular weight is 254 g/mol. The number of carbonyl (C=O) groups excluding carboxylic acids is 1. The Labute approximate surface area is 105 Å². The first-order valence-corrected chi connectivity index (χ1v) is 6.03. The number of likely N-dealkylation sites (N-methyl/N-ethyl adjacent to an activating group) is 1. The van der Waals surface area contributed by atoms with Crippen LogP contribution in [0, 0.1) is 11.6 Å². The molecule has 1 fully saturated rings. The maximum atomic E-state index is 13.1. The molecule has 0 bridgehead atoms. The van der Waals surface area contributed by atoms with E-state index in [0.717, 1.165) is 25.0 Å². The molecule has 0 spiro atoms. The third kappa shape index (κ3) is 2.67. The van der Waals surface area contributed by atoms with E-state index in [-0.39, 0.29) is 17.5 Å². The molecule has 0 saturated carbocycles. The molecule has 18 heavy (non-hydrogen) atoms. The highest BCUT2D eigenvalue weighted by atomic mass is 19.2. The molecule has 3 nitrogen and oxygen atoms in total. The summed E-state index contributed by atoms with van der Waals surface area (Å²) in [6.07, 6.45) is 1.94. The number of nitrogens with zero attached hydrogens (tertiary/aromatic N) is 1. The summed E-state index contributed by atoms with van der Waals surface area (Å²) < 4.78 is 25.9. The smallest absolute Gasteiger partial charge is 0.254 e. The van der Waals surface area contributed by atoms with Crippen molar-refractivity contribution in [2.45, 2.75) is 18.9 Å². The van der Waals surface area contributed by atoms with Gasteiger partial charge in [0.1, 0.15) is 0 Å². The molecule has 1 aliphatic rings. The average Bonchev–Trinajstić information content (AvgIpc) is 2.41.